The van der Waals surface area contributed by atoms with E-state index in [1.54, 1.807) is 19.1 Å². The van der Waals surface area contributed by atoms with Crippen LogP contribution in [0.15, 0.2) is 59.5 Å². The lowest BCUT2D eigenvalue weighted by Crippen LogP contribution is -2.50. The zero-order chi connectivity index (χ0) is 18.8. The summed E-state index contributed by atoms with van der Waals surface area (Å²) in [5.41, 5.74) is 1.27. The van der Waals surface area contributed by atoms with Gasteiger partial charge in [0.15, 0.2) is 9.84 Å². The van der Waals surface area contributed by atoms with E-state index in [4.69, 9.17) is 0 Å². The Kier molecular flexibility index (Phi) is 5.51. The molecular weight excluding hydrogens is 346 g/mol. The molecule has 2 aromatic carbocycles. The van der Waals surface area contributed by atoms with Crippen LogP contribution in [0.2, 0.25) is 0 Å². The highest BCUT2D eigenvalue weighted by atomic mass is 32.2. The Labute approximate surface area is 156 Å². The zero-order valence-electron chi connectivity index (χ0n) is 15.4. The predicted molar refractivity (Wildman–Crippen MR) is 104 cm³/mol. The zero-order valence-corrected chi connectivity index (χ0v) is 16.2. The predicted octanol–water partition coefficient (Wildman–Crippen LogP) is 3.46. The van der Waals surface area contributed by atoms with Crippen LogP contribution in [-0.4, -0.2) is 30.9 Å². The highest BCUT2D eigenvalue weighted by Crippen LogP contribution is 2.37. The normalized spacial score (nSPS) is 25.9. The number of hydrogen-bond acceptors (Lipinski definition) is 4. The van der Waals surface area contributed by atoms with Gasteiger partial charge in [-0.25, -0.2) is 8.42 Å². The molecule has 0 saturated heterocycles. The lowest BCUT2D eigenvalue weighted by Gasteiger charge is -2.36. The summed E-state index contributed by atoms with van der Waals surface area (Å²) < 4.78 is 26.4. The van der Waals surface area contributed by atoms with Gasteiger partial charge in [0.05, 0.1) is 22.8 Å². The van der Waals surface area contributed by atoms with Crippen LogP contribution in [-0.2, 0) is 9.84 Å². The summed E-state index contributed by atoms with van der Waals surface area (Å²) in [6.07, 6.45) is 1.39. The number of aliphatic hydroxyl groups excluding tert-OH is 1. The summed E-state index contributed by atoms with van der Waals surface area (Å²) in [6.45, 7) is 3.76. The van der Waals surface area contributed by atoms with E-state index in [0.717, 1.165) is 11.1 Å². The number of hydrogen-bond donors (Lipinski definition) is 2. The smallest absolute Gasteiger partial charge is 0.180 e. The Bertz CT molecular complexity index is 849. The van der Waals surface area contributed by atoms with Gasteiger partial charge in [-0.15, -0.1) is 0 Å². The van der Waals surface area contributed by atoms with Crippen molar-refractivity contribution in [1.29, 1.82) is 0 Å². The summed E-state index contributed by atoms with van der Waals surface area (Å²) in [4.78, 5) is 0.411. The molecule has 0 aliphatic carbocycles. The second kappa shape index (κ2) is 7.51. The molecule has 1 aliphatic rings. The van der Waals surface area contributed by atoms with Crippen LogP contribution >= 0.6 is 0 Å². The van der Waals surface area contributed by atoms with Gasteiger partial charge in [0.25, 0.3) is 0 Å². The number of aliphatic hydroxyl groups is 1. The van der Waals surface area contributed by atoms with E-state index in [9.17, 15) is 13.5 Å². The highest BCUT2D eigenvalue weighted by Gasteiger charge is 2.41. The number of fused-ring (bicyclic) bond motifs is 1. The third-order valence-corrected chi connectivity index (χ3v) is 7.31. The van der Waals surface area contributed by atoms with E-state index in [-0.39, 0.29) is 11.8 Å². The van der Waals surface area contributed by atoms with Gasteiger partial charge in [-0.1, -0.05) is 55.5 Å². The van der Waals surface area contributed by atoms with E-state index >= 15 is 0 Å². The van der Waals surface area contributed by atoms with Crippen LogP contribution in [0.4, 0.5) is 0 Å². The maximum absolute atomic E-state index is 13.2. The number of rotatable bonds is 5. The van der Waals surface area contributed by atoms with Crippen LogP contribution in [0.5, 0.6) is 0 Å². The fourth-order valence-corrected chi connectivity index (χ4v) is 5.93. The molecule has 3 rings (SSSR count). The van der Waals surface area contributed by atoms with Crippen molar-refractivity contribution in [1.82, 2.24) is 5.32 Å². The molecule has 26 heavy (non-hydrogen) atoms. The van der Waals surface area contributed by atoms with Crippen molar-refractivity contribution in [3.8, 4) is 0 Å². The maximum atomic E-state index is 13.2. The Morgan fingerprint density at radius 3 is 2.46 bits per heavy atom. The van der Waals surface area contributed by atoms with Crippen LogP contribution in [0.25, 0.3) is 0 Å². The second-order valence-electron chi connectivity index (χ2n) is 7.31. The van der Waals surface area contributed by atoms with Crippen LogP contribution < -0.4 is 5.32 Å². The molecule has 0 aromatic heterocycles. The first-order valence-corrected chi connectivity index (χ1v) is 10.8. The minimum Gasteiger partial charge on any atom is -0.393 e. The summed E-state index contributed by atoms with van der Waals surface area (Å²) >= 11 is 0. The molecule has 1 aliphatic heterocycles. The van der Waals surface area contributed by atoms with Gasteiger partial charge in [0.1, 0.15) is 0 Å². The van der Waals surface area contributed by atoms with Crippen molar-refractivity contribution in [2.75, 3.05) is 5.75 Å². The van der Waals surface area contributed by atoms with E-state index in [2.05, 4.69) is 5.32 Å². The molecule has 0 spiro atoms. The van der Waals surface area contributed by atoms with Crippen LogP contribution in [0, 0.1) is 0 Å². The lowest BCUT2D eigenvalue weighted by atomic mass is 9.87. The third kappa shape index (κ3) is 3.85. The Morgan fingerprint density at radius 1 is 1.15 bits per heavy atom. The van der Waals surface area contributed by atoms with Crippen LogP contribution in [0.3, 0.4) is 0 Å². The van der Waals surface area contributed by atoms with Crippen molar-refractivity contribution in [2.45, 2.75) is 55.7 Å². The summed E-state index contributed by atoms with van der Waals surface area (Å²) in [6, 6.07) is 17.1. The first-order valence-electron chi connectivity index (χ1n) is 9.19. The fourth-order valence-electron chi connectivity index (χ4n) is 3.79. The van der Waals surface area contributed by atoms with Gasteiger partial charge >= 0.3 is 0 Å². The standard InChI is InChI=1S/C21H27NO3S/c1-3-21(14-13-16(2)23)15-26(24,25)19-12-8-7-11-18(19)20(22-21)17-9-5-4-6-10-17/h4-12,16,20,22-23H,3,13-15H2,1-2H3/t16?,20-,21+/m1/s1. The molecule has 2 N–H and O–H groups in total. The maximum Gasteiger partial charge on any atom is 0.180 e. The molecular formula is C21H27NO3S. The first-order chi connectivity index (χ1) is 12.4. The molecule has 4 nitrogen and oxygen atoms in total. The molecule has 140 valence electrons. The molecule has 0 radical (unpaired) electrons. The average Bonchev–Trinajstić information content (AvgIpc) is 2.74. The summed E-state index contributed by atoms with van der Waals surface area (Å²) in [5.74, 6) is 0.0452. The van der Waals surface area contributed by atoms with E-state index in [1.807, 2.05) is 49.4 Å². The second-order valence-corrected chi connectivity index (χ2v) is 9.26. The van der Waals surface area contributed by atoms with Gasteiger partial charge in [-0.2, -0.15) is 0 Å². The van der Waals surface area contributed by atoms with Gasteiger partial charge in [-0.05, 0) is 43.4 Å². The Hall–Kier alpha value is -1.69. The Balaban J connectivity index is 2.14. The van der Waals surface area contributed by atoms with Crippen molar-refractivity contribution in [2.24, 2.45) is 0 Å². The molecule has 5 heteroatoms. The topological polar surface area (TPSA) is 66.4 Å². The molecule has 1 unspecified atom stereocenters. The molecule has 3 atom stereocenters. The molecule has 0 amide bonds. The quantitative estimate of drug-likeness (QED) is 0.842. The number of benzene rings is 2. The molecule has 0 fully saturated rings. The minimum absolute atomic E-state index is 0.0452. The van der Waals surface area contributed by atoms with Crippen molar-refractivity contribution < 1.29 is 13.5 Å². The third-order valence-electron chi connectivity index (χ3n) is 5.33. The SMILES string of the molecule is CC[C@]1(CCC(C)O)CS(=O)(=O)c2ccccc2[C@@H](c2ccccc2)N1. The van der Waals surface area contributed by atoms with Crippen LogP contribution in [0.1, 0.15) is 50.3 Å². The van der Waals surface area contributed by atoms with Crippen molar-refractivity contribution in [3.05, 3.63) is 65.7 Å². The largest absolute Gasteiger partial charge is 0.393 e. The monoisotopic (exact) mass is 373 g/mol. The number of sulfone groups is 1. The van der Waals surface area contributed by atoms with Crippen molar-refractivity contribution in [3.63, 3.8) is 0 Å². The van der Waals surface area contributed by atoms with E-state index < -0.39 is 21.5 Å². The summed E-state index contributed by atoms with van der Waals surface area (Å²) in [5, 5.41) is 13.4. The van der Waals surface area contributed by atoms with Gasteiger partial charge in [-0.3, -0.25) is 5.32 Å². The average molecular weight is 374 g/mol. The fraction of sp³-hybridized carbons (Fsp3) is 0.429. The van der Waals surface area contributed by atoms with Gasteiger partial charge in [0, 0.05) is 5.54 Å². The molecule has 0 saturated carbocycles. The summed E-state index contributed by atoms with van der Waals surface area (Å²) in [7, 11) is -3.43. The van der Waals surface area contributed by atoms with Crippen molar-refractivity contribution >= 4 is 9.84 Å². The van der Waals surface area contributed by atoms with Gasteiger partial charge in [0.2, 0.25) is 0 Å². The first kappa shape index (κ1) is 19.1. The van der Waals surface area contributed by atoms with Gasteiger partial charge < -0.3 is 5.11 Å². The van der Waals surface area contributed by atoms with E-state index in [0.29, 0.717) is 24.2 Å². The molecule has 2 aromatic rings. The Morgan fingerprint density at radius 2 is 1.81 bits per heavy atom. The number of nitrogens with one attached hydrogen (secondary N) is 1. The molecule has 0 bridgehead atoms. The van der Waals surface area contributed by atoms with E-state index in [1.165, 1.54) is 0 Å². The minimum atomic E-state index is -3.43. The molecule has 1 heterocycles. The lowest BCUT2D eigenvalue weighted by molar-refractivity contribution is 0.160. The highest BCUT2D eigenvalue weighted by molar-refractivity contribution is 7.91.